The molecule has 2 rings (SSSR count). The first-order valence-electron chi connectivity index (χ1n) is 6.45. The van der Waals surface area contributed by atoms with Crippen LogP contribution in [0.4, 0.5) is 0 Å². The number of rotatable bonds is 4. The van der Waals surface area contributed by atoms with Gasteiger partial charge in [-0.05, 0) is 78.4 Å². The third-order valence-electron chi connectivity index (χ3n) is 3.57. The number of nitrogens with one attached hydrogen (secondary N) is 1. The lowest BCUT2D eigenvalue weighted by atomic mass is 9.86. The SMILES string of the molecule is Cl.NC1CCC(CNCc2ccc(I)cc2)CC1. The van der Waals surface area contributed by atoms with E-state index in [1.165, 1.54) is 34.8 Å². The Labute approximate surface area is 130 Å². The average Bonchev–Trinajstić information content (AvgIpc) is 2.34. The largest absolute Gasteiger partial charge is 0.328 e. The van der Waals surface area contributed by atoms with Crippen molar-refractivity contribution in [3.63, 3.8) is 0 Å². The zero-order valence-electron chi connectivity index (χ0n) is 10.6. The molecule has 0 aromatic heterocycles. The molecule has 102 valence electrons. The van der Waals surface area contributed by atoms with Gasteiger partial charge in [0.25, 0.3) is 0 Å². The lowest BCUT2D eigenvalue weighted by Gasteiger charge is -2.26. The first-order valence-corrected chi connectivity index (χ1v) is 7.52. The third kappa shape index (κ3) is 5.43. The van der Waals surface area contributed by atoms with Crippen LogP contribution >= 0.6 is 35.0 Å². The minimum absolute atomic E-state index is 0. The van der Waals surface area contributed by atoms with Crippen LogP contribution in [0.2, 0.25) is 0 Å². The minimum atomic E-state index is 0. The Balaban J connectivity index is 0.00000162. The summed E-state index contributed by atoms with van der Waals surface area (Å²) in [6.07, 6.45) is 4.99. The van der Waals surface area contributed by atoms with Gasteiger partial charge in [0.05, 0.1) is 0 Å². The molecule has 0 radical (unpaired) electrons. The lowest BCUT2D eigenvalue weighted by molar-refractivity contribution is 0.314. The van der Waals surface area contributed by atoms with E-state index in [4.69, 9.17) is 5.73 Å². The van der Waals surface area contributed by atoms with Crippen LogP contribution in [0.3, 0.4) is 0 Å². The van der Waals surface area contributed by atoms with E-state index in [2.05, 4.69) is 52.2 Å². The van der Waals surface area contributed by atoms with E-state index in [0.717, 1.165) is 19.0 Å². The number of nitrogens with two attached hydrogens (primary N) is 1. The van der Waals surface area contributed by atoms with Gasteiger partial charge >= 0.3 is 0 Å². The summed E-state index contributed by atoms with van der Waals surface area (Å²) in [5.41, 5.74) is 7.28. The summed E-state index contributed by atoms with van der Waals surface area (Å²) in [6, 6.07) is 9.19. The highest BCUT2D eigenvalue weighted by atomic mass is 127. The summed E-state index contributed by atoms with van der Waals surface area (Å²) < 4.78 is 1.30. The van der Waals surface area contributed by atoms with Crippen LogP contribution in [0.5, 0.6) is 0 Å². The van der Waals surface area contributed by atoms with Crippen LogP contribution in [0, 0.1) is 9.49 Å². The van der Waals surface area contributed by atoms with Gasteiger partial charge < -0.3 is 11.1 Å². The molecule has 0 saturated heterocycles. The summed E-state index contributed by atoms with van der Waals surface area (Å²) in [5.74, 6) is 0.832. The van der Waals surface area contributed by atoms with Gasteiger partial charge in [-0.2, -0.15) is 0 Å². The highest BCUT2D eigenvalue weighted by Gasteiger charge is 2.17. The van der Waals surface area contributed by atoms with Gasteiger partial charge in [-0.3, -0.25) is 0 Å². The molecule has 1 aliphatic rings. The predicted molar refractivity (Wildman–Crippen MR) is 88.0 cm³/mol. The maximum absolute atomic E-state index is 5.91. The van der Waals surface area contributed by atoms with Crippen molar-refractivity contribution in [3.05, 3.63) is 33.4 Å². The molecule has 0 bridgehead atoms. The molecule has 1 aromatic carbocycles. The maximum Gasteiger partial charge on any atom is 0.0205 e. The topological polar surface area (TPSA) is 38.0 Å². The Morgan fingerprint density at radius 1 is 1.11 bits per heavy atom. The van der Waals surface area contributed by atoms with Crippen LogP contribution in [-0.2, 0) is 6.54 Å². The van der Waals surface area contributed by atoms with Gasteiger partial charge in [-0.15, -0.1) is 12.4 Å². The molecular formula is C14H22ClIN2. The van der Waals surface area contributed by atoms with Crippen molar-refractivity contribution in [1.29, 1.82) is 0 Å². The van der Waals surface area contributed by atoms with E-state index in [1.54, 1.807) is 0 Å². The van der Waals surface area contributed by atoms with Crippen molar-refractivity contribution < 1.29 is 0 Å². The second-order valence-electron chi connectivity index (χ2n) is 5.04. The van der Waals surface area contributed by atoms with E-state index in [9.17, 15) is 0 Å². The molecule has 1 fully saturated rings. The highest BCUT2D eigenvalue weighted by molar-refractivity contribution is 14.1. The van der Waals surface area contributed by atoms with Crippen LogP contribution in [-0.4, -0.2) is 12.6 Å². The van der Waals surface area contributed by atoms with Crippen LogP contribution in [0.15, 0.2) is 24.3 Å². The number of halogens is 2. The van der Waals surface area contributed by atoms with Crippen LogP contribution in [0.1, 0.15) is 31.2 Å². The van der Waals surface area contributed by atoms with E-state index in [-0.39, 0.29) is 12.4 Å². The van der Waals surface area contributed by atoms with E-state index >= 15 is 0 Å². The quantitative estimate of drug-likeness (QED) is 0.787. The lowest BCUT2D eigenvalue weighted by Crippen LogP contribution is -2.31. The molecule has 2 nitrogen and oxygen atoms in total. The summed E-state index contributed by atoms with van der Waals surface area (Å²) in [5, 5.41) is 3.56. The van der Waals surface area contributed by atoms with Gasteiger partial charge in [0.1, 0.15) is 0 Å². The van der Waals surface area contributed by atoms with Crippen molar-refractivity contribution >= 4 is 35.0 Å². The van der Waals surface area contributed by atoms with Crippen molar-refractivity contribution in [3.8, 4) is 0 Å². The van der Waals surface area contributed by atoms with Crippen molar-refractivity contribution in [1.82, 2.24) is 5.32 Å². The van der Waals surface area contributed by atoms with Gasteiger partial charge in [-0.25, -0.2) is 0 Å². The third-order valence-corrected chi connectivity index (χ3v) is 4.29. The van der Waals surface area contributed by atoms with Crippen LogP contribution in [0.25, 0.3) is 0 Å². The van der Waals surface area contributed by atoms with Crippen molar-refractivity contribution in [2.24, 2.45) is 11.7 Å². The molecule has 1 aromatic rings. The fourth-order valence-electron chi connectivity index (χ4n) is 2.42. The molecule has 3 N–H and O–H groups in total. The molecule has 0 spiro atoms. The molecule has 0 aliphatic heterocycles. The van der Waals surface area contributed by atoms with E-state index in [1.807, 2.05) is 0 Å². The van der Waals surface area contributed by atoms with Gasteiger partial charge in [0.15, 0.2) is 0 Å². The Kier molecular flexibility index (Phi) is 7.53. The maximum atomic E-state index is 5.91. The Morgan fingerprint density at radius 3 is 2.33 bits per heavy atom. The predicted octanol–water partition coefficient (Wildman–Crippen LogP) is 3.32. The summed E-state index contributed by atoms with van der Waals surface area (Å²) in [6.45, 7) is 2.12. The molecular weight excluding hydrogens is 359 g/mol. The normalized spacial score (nSPS) is 23.4. The highest BCUT2D eigenvalue weighted by Crippen LogP contribution is 2.22. The van der Waals surface area contributed by atoms with Crippen LogP contribution < -0.4 is 11.1 Å². The first-order chi connectivity index (χ1) is 8.24. The average molecular weight is 381 g/mol. The zero-order valence-corrected chi connectivity index (χ0v) is 13.5. The molecule has 0 atom stereocenters. The number of hydrogen-bond donors (Lipinski definition) is 2. The smallest absolute Gasteiger partial charge is 0.0205 e. The first kappa shape index (κ1) is 16.2. The summed E-state index contributed by atoms with van der Waals surface area (Å²) in [7, 11) is 0. The van der Waals surface area contributed by atoms with Gasteiger partial charge in [0.2, 0.25) is 0 Å². The minimum Gasteiger partial charge on any atom is -0.328 e. The Hall–Kier alpha value is 0.160. The molecule has 0 heterocycles. The second-order valence-corrected chi connectivity index (χ2v) is 6.28. The molecule has 0 unspecified atom stereocenters. The Bertz CT molecular complexity index is 334. The molecule has 1 aliphatic carbocycles. The fraction of sp³-hybridized carbons (Fsp3) is 0.571. The monoisotopic (exact) mass is 380 g/mol. The standard InChI is InChI=1S/C14H21IN2.ClH/c15-13-5-1-11(2-6-13)9-17-10-12-3-7-14(16)8-4-12;/h1-2,5-6,12,14,17H,3-4,7-10,16H2;1H. The fourth-order valence-corrected chi connectivity index (χ4v) is 2.77. The summed E-state index contributed by atoms with van der Waals surface area (Å²) in [4.78, 5) is 0. The summed E-state index contributed by atoms with van der Waals surface area (Å²) >= 11 is 2.34. The molecule has 0 amide bonds. The van der Waals surface area contributed by atoms with Crippen molar-refractivity contribution in [2.45, 2.75) is 38.3 Å². The van der Waals surface area contributed by atoms with Gasteiger partial charge in [-0.1, -0.05) is 12.1 Å². The molecule has 18 heavy (non-hydrogen) atoms. The number of benzene rings is 1. The van der Waals surface area contributed by atoms with E-state index < -0.39 is 0 Å². The van der Waals surface area contributed by atoms with Crippen molar-refractivity contribution in [2.75, 3.05) is 6.54 Å². The zero-order chi connectivity index (χ0) is 12.1. The van der Waals surface area contributed by atoms with Gasteiger partial charge in [0, 0.05) is 16.2 Å². The second kappa shape index (κ2) is 8.35. The Morgan fingerprint density at radius 2 is 1.72 bits per heavy atom. The molecule has 1 saturated carbocycles. The van der Waals surface area contributed by atoms with E-state index in [0.29, 0.717) is 6.04 Å². The molecule has 4 heteroatoms. The number of hydrogen-bond acceptors (Lipinski definition) is 2.